The Kier molecular flexibility index (Phi) is 3.97. The Morgan fingerprint density at radius 3 is 2.69 bits per heavy atom. The van der Waals surface area contributed by atoms with Crippen molar-refractivity contribution < 1.29 is 4.74 Å². The molecule has 0 saturated carbocycles. The molecule has 1 aromatic carbocycles. The Morgan fingerprint density at radius 1 is 1.31 bits per heavy atom. The van der Waals surface area contributed by atoms with Crippen molar-refractivity contribution in [1.29, 1.82) is 0 Å². The average Bonchev–Trinajstić information content (AvgIpc) is 2.78. The van der Waals surface area contributed by atoms with Crippen molar-refractivity contribution in [2.45, 2.75) is 38.3 Å². The van der Waals surface area contributed by atoms with Crippen LogP contribution in [0, 0.1) is 0 Å². The summed E-state index contributed by atoms with van der Waals surface area (Å²) in [4.78, 5) is 0. The van der Waals surface area contributed by atoms with Crippen LogP contribution in [0.4, 0.5) is 0 Å². The summed E-state index contributed by atoms with van der Waals surface area (Å²) in [6.07, 6.45) is 2.48. The van der Waals surface area contributed by atoms with Gasteiger partial charge in [0.25, 0.3) is 0 Å². The third-order valence-corrected chi connectivity index (χ3v) is 3.51. The maximum Gasteiger partial charge on any atom is 0.0713 e. The summed E-state index contributed by atoms with van der Waals surface area (Å²) in [5.41, 5.74) is 2.72. The highest BCUT2D eigenvalue weighted by Crippen LogP contribution is 2.29. The molecule has 16 heavy (non-hydrogen) atoms. The maximum atomic E-state index is 5.12. The van der Waals surface area contributed by atoms with E-state index in [2.05, 4.69) is 36.5 Å². The molecular formula is C14H21NO. The van der Waals surface area contributed by atoms with Crippen LogP contribution in [-0.2, 0) is 11.3 Å². The molecule has 1 fully saturated rings. The van der Waals surface area contributed by atoms with E-state index in [1.165, 1.54) is 24.0 Å². The first kappa shape index (κ1) is 11.6. The number of benzene rings is 1. The molecule has 1 heterocycles. The Hall–Kier alpha value is -0.860. The van der Waals surface area contributed by atoms with Crippen molar-refractivity contribution >= 4 is 0 Å². The smallest absolute Gasteiger partial charge is 0.0713 e. The van der Waals surface area contributed by atoms with Gasteiger partial charge in [-0.15, -0.1) is 0 Å². The van der Waals surface area contributed by atoms with Crippen LogP contribution in [0.5, 0.6) is 0 Å². The third-order valence-electron chi connectivity index (χ3n) is 3.51. The first-order valence-electron chi connectivity index (χ1n) is 6.16. The molecule has 0 spiro atoms. The molecule has 2 heteroatoms. The number of rotatable bonds is 4. The lowest BCUT2D eigenvalue weighted by Crippen LogP contribution is -2.24. The van der Waals surface area contributed by atoms with E-state index in [0.717, 1.165) is 6.54 Å². The van der Waals surface area contributed by atoms with Crippen LogP contribution in [-0.4, -0.2) is 19.7 Å². The van der Waals surface area contributed by atoms with Gasteiger partial charge in [-0.25, -0.2) is 0 Å². The number of methoxy groups -OCH3 is 1. The summed E-state index contributed by atoms with van der Waals surface area (Å²) >= 11 is 0. The van der Waals surface area contributed by atoms with Gasteiger partial charge >= 0.3 is 0 Å². The number of ether oxygens (including phenoxy) is 1. The topological polar surface area (TPSA) is 21.3 Å². The monoisotopic (exact) mass is 219 g/mol. The minimum Gasteiger partial charge on any atom is -0.380 e. The van der Waals surface area contributed by atoms with Crippen molar-refractivity contribution in [3.63, 3.8) is 0 Å². The minimum atomic E-state index is 0.660. The lowest BCUT2D eigenvalue weighted by atomic mass is 9.90. The van der Waals surface area contributed by atoms with E-state index < -0.39 is 0 Å². The second kappa shape index (κ2) is 5.46. The molecule has 2 rings (SSSR count). The molecule has 1 aliphatic heterocycles. The molecular weight excluding hydrogens is 198 g/mol. The van der Waals surface area contributed by atoms with Gasteiger partial charge in [0, 0.05) is 19.1 Å². The Labute approximate surface area is 98.0 Å². The highest BCUT2D eigenvalue weighted by atomic mass is 16.5. The van der Waals surface area contributed by atoms with Crippen LogP contribution in [0.15, 0.2) is 24.3 Å². The zero-order valence-corrected chi connectivity index (χ0v) is 10.2. The number of nitrogens with one attached hydrogen (secondary N) is 1. The van der Waals surface area contributed by atoms with E-state index >= 15 is 0 Å². The van der Waals surface area contributed by atoms with Crippen LogP contribution in [0.2, 0.25) is 0 Å². The molecule has 2 unspecified atom stereocenters. The van der Waals surface area contributed by atoms with Gasteiger partial charge < -0.3 is 10.1 Å². The fourth-order valence-corrected chi connectivity index (χ4v) is 2.62. The molecule has 2 atom stereocenters. The first-order valence-corrected chi connectivity index (χ1v) is 6.16. The molecule has 1 N–H and O–H groups in total. The maximum absolute atomic E-state index is 5.12. The van der Waals surface area contributed by atoms with Crippen molar-refractivity contribution in [3.05, 3.63) is 35.4 Å². The number of hydrogen-bond donors (Lipinski definition) is 1. The average molecular weight is 219 g/mol. The minimum absolute atomic E-state index is 0.660. The number of hydrogen-bond acceptors (Lipinski definition) is 2. The molecule has 88 valence electrons. The van der Waals surface area contributed by atoms with Gasteiger partial charge in [-0.05, 0) is 30.5 Å². The van der Waals surface area contributed by atoms with E-state index in [1.807, 2.05) is 0 Å². The second-order valence-electron chi connectivity index (χ2n) is 4.54. The van der Waals surface area contributed by atoms with Gasteiger partial charge in [-0.2, -0.15) is 0 Å². The fraction of sp³-hybridized carbons (Fsp3) is 0.571. The van der Waals surface area contributed by atoms with Crippen molar-refractivity contribution in [2.24, 2.45) is 0 Å². The summed E-state index contributed by atoms with van der Waals surface area (Å²) < 4.78 is 5.12. The SMILES string of the molecule is CCC1NCCC1c1ccc(COC)cc1. The summed E-state index contributed by atoms with van der Waals surface area (Å²) in [6, 6.07) is 9.55. The summed E-state index contributed by atoms with van der Waals surface area (Å²) in [7, 11) is 1.74. The van der Waals surface area contributed by atoms with Crippen LogP contribution in [0.3, 0.4) is 0 Å². The van der Waals surface area contributed by atoms with Gasteiger partial charge in [0.2, 0.25) is 0 Å². The molecule has 1 aromatic rings. The van der Waals surface area contributed by atoms with Crippen LogP contribution in [0.25, 0.3) is 0 Å². The molecule has 0 aliphatic carbocycles. The van der Waals surface area contributed by atoms with Crippen LogP contribution < -0.4 is 5.32 Å². The van der Waals surface area contributed by atoms with E-state index in [0.29, 0.717) is 18.6 Å². The predicted octanol–water partition coefficient (Wildman–Crippen LogP) is 2.69. The van der Waals surface area contributed by atoms with Crippen molar-refractivity contribution in [1.82, 2.24) is 5.32 Å². The van der Waals surface area contributed by atoms with Crippen molar-refractivity contribution in [2.75, 3.05) is 13.7 Å². The first-order chi connectivity index (χ1) is 7.85. The summed E-state index contributed by atoms with van der Waals surface area (Å²) in [6.45, 7) is 4.12. The molecule has 1 aliphatic rings. The standard InChI is InChI=1S/C14H21NO/c1-3-14-13(8-9-15-14)12-6-4-11(5-7-12)10-16-2/h4-7,13-15H,3,8-10H2,1-2H3. The van der Waals surface area contributed by atoms with E-state index in [-0.39, 0.29) is 0 Å². The zero-order chi connectivity index (χ0) is 11.4. The van der Waals surface area contributed by atoms with E-state index in [1.54, 1.807) is 7.11 Å². The normalized spacial score (nSPS) is 24.9. The molecule has 2 nitrogen and oxygen atoms in total. The Morgan fingerprint density at radius 2 is 2.06 bits per heavy atom. The zero-order valence-electron chi connectivity index (χ0n) is 10.2. The van der Waals surface area contributed by atoms with Gasteiger partial charge in [-0.3, -0.25) is 0 Å². The third kappa shape index (κ3) is 2.45. The van der Waals surface area contributed by atoms with Gasteiger partial charge in [0.15, 0.2) is 0 Å². The summed E-state index contributed by atoms with van der Waals surface area (Å²) in [5.74, 6) is 0.696. The van der Waals surface area contributed by atoms with Gasteiger partial charge in [0.05, 0.1) is 6.61 Å². The predicted molar refractivity (Wildman–Crippen MR) is 66.6 cm³/mol. The quantitative estimate of drug-likeness (QED) is 0.840. The Bertz CT molecular complexity index is 320. The molecule has 0 bridgehead atoms. The van der Waals surface area contributed by atoms with Crippen LogP contribution >= 0.6 is 0 Å². The molecule has 0 radical (unpaired) electrons. The molecule has 1 saturated heterocycles. The molecule has 0 aromatic heterocycles. The van der Waals surface area contributed by atoms with E-state index in [9.17, 15) is 0 Å². The second-order valence-corrected chi connectivity index (χ2v) is 4.54. The van der Waals surface area contributed by atoms with Crippen LogP contribution in [0.1, 0.15) is 36.8 Å². The van der Waals surface area contributed by atoms with Gasteiger partial charge in [-0.1, -0.05) is 31.2 Å². The lowest BCUT2D eigenvalue weighted by Gasteiger charge is -2.18. The van der Waals surface area contributed by atoms with E-state index in [4.69, 9.17) is 4.74 Å². The highest BCUT2D eigenvalue weighted by Gasteiger charge is 2.26. The molecule has 0 amide bonds. The summed E-state index contributed by atoms with van der Waals surface area (Å²) in [5, 5.41) is 3.57. The van der Waals surface area contributed by atoms with Gasteiger partial charge in [0.1, 0.15) is 0 Å². The highest BCUT2D eigenvalue weighted by molar-refractivity contribution is 5.27. The lowest BCUT2D eigenvalue weighted by molar-refractivity contribution is 0.185. The van der Waals surface area contributed by atoms with Crippen molar-refractivity contribution in [3.8, 4) is 0 Å². The fourth-order valence-electron chi connectivity index (χ4n) is 2.62. The largest absolute Gasteiger partial charge is 0.380 e. The Balaban J connectivity index is 2.08.